The first-order chi connectivity index (χ1) is 7.54. The predicted molar refractivity (Wildman–Crippen MR) is 62.7 cm³/mol. The molecule has 0 aromatic heterocycles. The zero-order valence-electron chi connectivity index (χ0n) is 8.97. The summed E-state index contributed by atoms with van der Waals surface area (Å²) in [6.07, 6.45) is 1.39. The number of benzene rings is 1. The lowest BCUT2D eigenvalue weighted by molar-refractivity contribution is -0.118. The number of hydrogen-bond donors (Lipinski definition) is 0. The Kier molecular flexibility index (Phi) is 5.06. The van der Waals surface area contributed by atoms with Gasteiger partial charge in [-0.15, -0.1) is 0 Å². The average Bonchev–Trinajstić information content (AvgIpc) is 2.23. The maximum Gasteiger partial charge on any atom is 0.146 e. The van der Waals surface area contributed by atoms with Crippen molar-refractivity contribution in [3.05, 3.63) is 35.4 Å². The molecule has 16 heavy (non-hydrogen) atoms. The number of alkyl halides is 1. The standard InChI is InChI=1S/C12H13BrF2O/c1-2-3-12(16)10(13)7-8-6-9(14)4-5-11(8)15/h4-6,10H,2-3,7H2,1H3. The molecule has 1 nitrogen and oxygen atoms in total. The SMILES string of the molecule is CCCC(=O)C(Br)Cc1cc(F)ccc1F. The van der Waals surface area contributed by atoms with Crippen LogP contribution in [0.2, 0.25) is 0 Å². The fraction of sp³-hybridized carbons (Fsp3) is 0.417. The molecule has 0 aliphatic rings. The van der Waals surface area contributed by atoms with Gasteiger partial charge in [-0.1, -0.05) is 22.9 Å². The first-order valence-corrected chi connectivity index (χ1v) is 6.07. The van der Waals surface area contributed by atoms with Crippen molar-refractivity contribution in [3.63, 3.8) is 0 Å². The number of rotatable bonds is 5. The smallest absolute Gasteiger partial charge is 0.146 e. The summed E-state index contributed by atoms with van der Waals surface area (Å²) in [7, 11) is 0. The molecule has 0 spiro atoms. The van der Waals surface area contributed by atoms with Gasteiger partial charge in [-0.05, 0) is 36.6 Å². The van der Waals surface area contributed by atoms with Crippen molar-refractivity contribution in [2.75, 3.05) is 0 Å². The van der Waals surface area contributed by atoms with Gasteiger partial charge in [0.05, 0.1) is 4.83 Å². The van der Waals surface area contributed by atoms with Crippen LogP contribution in [0, 0.1) is 11.6 Å². The van der Waals surface area contributed by atoms with E-state index in [2.05, 4.69) is 15.9 Å². The van der Waals surface area contributed by atoms with Gasteiger partial charge >= 0.3 is 0 Å². The van der Waals surface area contributed by atoms with Crippen molar-refractivity contribution < 1.29 is 13.6 Å². The highest BCUT2D eigenvalue weighted by atomic mass is 79.9. The minimum absolute atomic E-state index is 0.0196. The highest BCUT2D eigenvalue weighted by molar-refractivity contribution is 9.10. The van der Waals surface area contributed by atoms with Crippen molar-refractivity contribution in [2.24, 2.45) is 0 Å². The maximum absolute atomic E-state index is 13.3. The second-order valence-electron chi connectivity index (χ2n) is 3.62. The lowest BCUT2D eigenvalue weighted by Gasteiger charge is -2.09. The van der Waals surface area contributed by atoms with Gasteiger partial charge in [0.2, 0.25) is 0 Å². The maximum atomic E-state index is 13.3. The van der Waals surface area contributed by atoms with Gasteiger partial charge < -0.3 is 0 Å². The molecule has 0 N–H and O–H groups in total. The lowest BCUT2D eigenvalue weighted by atomic mass is 10.0. The zero-order chi connectivity index (χ0) is 12.1. The first kappa shape index (κ1) is 13.3. The monoisotopic (exact) mass is 290 g/mol. The molecular weight excluding hydrogens is 278 g/mol. The van der Waals surface area contributed by atoms with Gasteiger partial charge in [0.15, 0.2) is 0 Å². The fourth-order valence-corrected chi connectivity index (χ4v) is 1.99. The van der Waals surface area contributed by atoms with E-state index in [9.17, 15) is 13.6 Å². The van der Waals surface area contributed by atoms with Crippen LogP contribution in [0.25, 0.3) is 0 Å². The van der Waals surface area contributed by atoms with Crippen molar-refractivity contribution >= 4 is 21.7 Å². The molecule has 0 fully saturated rings. The van der Waals surface area contributed by atoms with Crippen molar-refractivity contribution in [1.82, 2.24) is 0 Å². The van der Waals surface area contributed by atoms with E-state index in [-0.39, 0.29) is 17.8 Å². The van der Waals surface area contributed by atoms with Gasteiger partial charge in [-0.3, -0.25) is 4.79 Å². The van der Waals surface area contributed by atoms with Crippen molar-refractivity contribution in [3.8, 4) is 0 Å². The Labute approximate surface area is 102 Å². The van der Waals surface area contributed by atoms with E-state index < -0.39 is 16.5 Å². The van der Waals surface area contributed by atoms with Crippen LogP contribution in [0.4, 0.5) is 8.78 Å². The quantitative estimate of drug-likeness (QED) is 0.757. The summed E-state index contributed by atoms with van der Waals surface area (Å²) in [6, 6.07) is 3.27. The zero-order valence-corrected chi connectivity index (χ0v) is 10.6. The largest absolute Gasteiger partial charge is 0.298 e. The number of Topliss-reactive ketones (excluding diaryl/α,β-unsaturated/α-hetero) is 1. The summed E-state index contributed by atoms with van der Waals surface area (Å²) < 4.78 is 26.2. The van der Waals surface area contributed by atoms with E-state index in [4.69, 9.17) is 0 Å². The van der Waals surface area contributed by atoms with Crippen LogP contribution >= 0.6 is 15.9 Å². The molecule has 1 rings (SSSR count). The number of carbonyl (C=O) groups is 1. The van der Waals surface area contributed by atoms with E-state index in [1.54, 1.807) is 0 Å². The Hall–Kier alpha value is -0.770. The average molecular weight is 291 g/mol. The third kappa shape index (κ3) is 3.67. The molecule has 0 saturated heterocycles. The summed E-state index contributed by atoms with van der Waals surface area (Å²) in [5.74, 6) is -0.944. The summed E-state index contributed by atoms with van der Waals surface area (Å²) >= 11 is 3.20. The Morgan fingerprint density at radius 1 is 1.44 bits per heavy atom. The van der Waals surface area contributed by atoms with Crippen LogP contribution in [0.1, 0.15) is 25.3 Å². The number of hydrogen-bond acceptors (Lipinski definition) is 1. The highest BCUT2D eigenvalue weighted by Crippen LogP contribution is 2.17. The lowest BCUT2D eigenvalue weighted by Crippen LogP contribution is -2.17. The molecule has 0 radical (unpaired) electrons. The Bertz CT molecular complexity index is 379. The molecule has 0 bridgehead atoms. The summed E-state index contributed by atoms with van der Waals surface area (Å²) in [6.45, 7) is 1.90. The Morgan fingerprint density at radius 3 is 2.75 bits per heavy atom. The molecule has 0 aliphatic carbocycles. The molecule has 0 amide bonds. The van der Waals surface area contributed by atoms with Crippen molar-refractivity contribution in [1.29, 1.82) is 0 Å². The first-order valence-electron chi connectivity index (χ1n) is 5.15. The van der Waals surface area contributed by atoms with Gasteiger partial charge in [-0.25, -0.2) is 8.78 Å². The van der Waals surface area contributed by atoms with Crippen LogP contribution in [-0.4, -0.2) is 10.6 Å². The van der Waals surface area contributed by atoms with Gasteiger partial charge in [-0.2, -0.15) is 0 Å². The van der Waals surface area contributed by atoms with E-state index in [1.165, 1.54) is 0 Å². The second kappa shape index (κ2) is 6.09. The van der Waals surface area contributed by atoms with Crippen LogP contribution in [-0.2, 0) is 11.2 Å². The Balaban J connectivity index is 2.72. The van der Waals surface area contributed by atoms with E-state index in [0.29, 0.717) is 6.42 Å². The molecular formula is C12H13BrF2O. The molecule has 1 unspecified atom stereocenters. The molecule has 1 aromatic rings. The van der Waals surface area contributed by atoms with Crippen LogP contribution in [0.3, 0.4) is 0 Å². The third-order valence-corrected chi connectivity index (χ3v) is 3.09. The Morgan fingerprint density at radius 2 is 2.12 bits per heavy atom. The van der Waals surface area contributed by atoms with Gasteiger partial charge in [0, 0.05) is 6.42 Å². The number of carbonyl (C=O) groups excluding carboxylic acids is 1. The van der Waals surface area contributed by atoms with E-state index in [0.717, 1.165) is 24.6 Å². The molecule has 88 valence electrons. The number of ketones is 1. The minimum Gasteiger partial charge on any atom is -0.298 e. The normalized spacial score (nSPS) is 12.5. The van der Waals surface area contributed by atoms with Crippen molar-refractivity contribution in [2.45, 2.75) is 31.0 Å². The van der Waals surface area contributed by atoms with Gasteiger partial charge in [0.1, 0.15) is 17.4 Å². The molecule has 1 aromatic carbocycles. The predicted octanol–water partition coefficient (Wildman–Crippen LogP) is 3.64. The molecule has 1 atom stereocenters. The summed E-state index contributed by atoms with van der Waals surface area (Å²) in [5, 5.41) is 0. The van der Waals surface area contributed by atoms with Crippen LogP contribution < -0.4 is 0 Å². The van der Waals surface area contributed by atoms with E-state index >= 15 is 0 Å². The topological polar surface area (TPSA) is 17.1 Å². The minimum atomic E-state index is -0.487. The summed E-state index contributed by atoms with van der Waals surface area (Å²) in [5.41, 5.74) is 0.228. The van der Waals surface area contributed by atoms with Gasteiger partial charge in [0.25, 0.3) is 0 Å². The number of halogens is 3. The summed E-state index contributed by atoms with van der Waals surface area (Å²) in [4.78, 5) is 11.0. The van der Waals surface area contributed by atoms with E-state index in [1.807, 2.05) is 6.92 Å². The third-order valence-electron chi connectivity index (χ3n) is 2.25. The molecule has 4 heteroatoms. The molecule has 0 saturated carbocycles. The molecule has 0 heterocycles. The second-order valence-corrected chi connectivity index (χ2v) is 4.73. The molecule has 0 aliphatic heterocycles. The highest BCUT2D eigenvalue weighted by Gasteiger charge is 2.16. The van der Waals surface area contributed by atoms with Crippen LogP contribution in [0.15, 0.2) is 18.2 Å². The fourth-order valence-electron chi connectivity index (χ4n) is 1.41. The van der Waals surface area contributed by atoms with Crippen LogP contribution in [0.5, 0.6) is 0 Å².